The third kappa shape index (κ3) is 4.36. The summed E-state index contributed by atoms with van der Waals surface area (Å²) in [6.07, 6.45) is 1.13. The van der Waals surface area contributed by atoms with Gasteiger partial charge in [-0.05, 0) is 50.2 Å². The standard InChI is InChI=1S/C17H20BrNO/c1-3-10-19-12-14-11-15(18)6-9-17(14)20-16-7-4-13(2)5-8-16/h4-9,11,19H,3,10,12H2,1-2H3. The molecule has 0 amide bonds. The van der Waals surface area contributed by atoms with Crippen LogP contribution in [0.2, 0.25) is 0 Å². The summed E-state index contributed by atoms with van der Waals surface area (Å²) in [6, 6.07) is 14.2. The van der Waals surface area contributed by atoms with Crippen LogP contribution in [0.25, 0.3) is 0 Å². The lowest BCUT2D eigenvalue weighted by Crippen LogP contribution is -2.14. The smallest absolute Gasteiger partial charge is 0.131 e. The summed E-state index contributed by atoms with van der Waals surface area (Å²) in [5.41, 5.74) is 2.39. The van der Waals surface area contributed by atoms with Crippen molar-refractivity contribution < 1.29 is 4.74 Å². The topological polar surface area (TPSA) is 21.3 Å². The van der Waals surface area contributed by atoms with Crippen LogP contribution >= 0.6 is 15.9 Å². The minimum absolute atomic E-state index is 0.814. The molecule has 0 radical (unpaired) electrons. The Morgan fingerprint density at radius 3 is 2.55 bits per heavy atom. The molecule has 0 saturated heterocycles. The summed E-state index contributed by atoms with van der Waals surface area (Å²) < 4.78 is 7.06. The molecule has 0 aliphatic rings. The van der Waals surface area contributed by atoms with Gasteiger partial charge in [-0.1, -0.05) is 40.5 Å². The predicted molar refractivity (Wildman–Crippen MR) is 87.4 cm³/mol. The van der Waals surface area contributed by atoms with Gasteiger partial charge in [-0.25, -0.2) is 0 Å². The highest BCUT2D eigenvalue weighted by Gasteiger charge is 2.06. The zero-order valence-electron chi connectivity index (χ0n) is 11.9. The average Bonchev–Trinajstić information content (AvgIpc) is 2.44. The fourth-order valence-electron chi connectivity index (χ4n) is 1.92. The average molecular weight is 334 g/mol. The molecule has 2 aromatic carbocycles. The van der Waals surface area contributed by atoms with Crippen molar-refractivity contribution in [3.8, 4) is 11.5 Å². The first-order valence-corrected chi connectivity index (χ1v) is 7.72. The van der Waals surface area contributed by atoms with Crippen molar-refractivity contribution in [1.82, 2.24) is 5.32 Å². The van der Waals surface area contributed by atoms with E-state index in [1.807, 2.05) is 24.3 Å². The van der Waals surface area contributed by atoms with Crippen molar-refractivity contribution in [2.75, 3.05) is 6.54 Å². The van der Waals surface area contributed by atoms with Crippen LogP contribution in [0, 0.1) is 6.92 Å². The molecule has 0 aliphatic carbocycles. The van der Waals surface area contributed by atoms with E-state index in [2.05, 4.69) is 53.3 Å². The van der Waals surface area contributed by atoms with Gasteiger partial charge in [0.25, 0.3) is 0 Å². The Balaban J connectivity index is 2.15. The number of aryl methyl sites for hydroxylation is 1. The molecule has 0 aliphatic heterocycles. The maximum absolute atomic E-state index is 5.99. The molecule has 0 bridgehead atoms. The fourth-order valence-corrected chi connectivity index (χ4v) is 2.33. The quantitative estimate of drug-likeness (QED) is 0.747. The summed E-state index contributed by atoms with van der Waals surface area (Å²) >= 11 is 3.52. The van der Waals surface area contributed by atoms with Crippen LogP contribution in [0.5, 0.6) is 11.5 Å². The van der Waals surface area contributed by atoms with E-state index in [0.717, 1.165) is 41.0 Å². The van der Waals surface area contributed by atoms with Crippen LogP contribution in [0.1, 0.15) is 24.5 Å². The number of rotatable bonds is 6. The molecule has 106 valence electrons. The summed E-state index contributed by atoms with van der Waals surface area (Å²) in [4.78, 5) is 0. The Labute approximate surface area is 129 Å². The van der Waals surface area contributed by atoms with Gasteiger partial charge in [-0.2, -0.15) is 0 Å². The summed E-state index contributed by atoms with van der Waals surface area (Å²) in [5, 5.41) is 3.41. The van der Waals surface area contributed by atoms with Gasteiger partial charge in [-0.3, -0.25) is 0 Å². The second kappa shape index (κ2) is 7.46. The molecule has 0 fully saturated rings. The molecule has 2 aromatic rings. The first-order valence-electron chi connectivity index (χ1n) is 6.92. The van der Waals surface area contributed by atoms with Crippen LogP contribution in [-0.4, -0.2) is 6.54 Å². The van der Waals surface area contributed by atoms with Gasteiger partial charge < -0.3 is 10.1 Å². The fraction of sp³-hybridized carbons (Fsp3) is 0.294. The largest absolute Gasteiger partial charge is 0.457 e. The van der Waals surface area contributed by atoms with Crippen molar-refractivity contribution in [2.24, 2.45) is 0 Å². The number of ether oxygens (including phenoxy) is 1. The summed E-state index contributed by atoms with van der Waals surface area (Å²) in [7, 11) is 0. The van der Waals surface area contributed by atoms with Crippen molar-refractivity contribution in [3.63, 3.8) is 0 Å². The van der Waals surface area contributed by atoms with Crippen LogP contribution in [-0.2, 0) is 6.54 Å². The maximum Gasteiger partial charge on any atom is 0.131 e. The number of halogens is 1. The highest BCUT2D eigenvalue weighted by Crippen LogP contribution is 2.28. The van der Waals surface area contributed by atoms with E-state index in [4.69, 9.17) is 4.74 Å². The van der Waals surface area contributed by atoms with E-state index < -0.39 is 0 Å². The van der Waals surface area contributed by atoms with Gasteiger partial charge in [-0.15, -0.1) is 0 Å². The van der Waals surface area contributed by atoms with E-state index in [-0.39, 0.29) is 0 Å². The first kappa shape index (κ1) is 15.1. The second-order valence-electron chi connectivity index (χ2n) is 4.84. The molecule has 20 heavy (non-hydrogen) atoms. The van der Waals surface area contributed by atoms with Crippen LogP contribution in [0.15, 0.2) is 46.9 Å². The number of nitrogens with one attached hydrogen (secondary N) is 1. The Kier molecular flexibility index (Phi) is 5.62. The molecule has 0 unspecified atom stereocenters. The van der Waals surface area contributed by atoms with Crippen molar-refractivity contribution in [3.05, 3.63) is 58.1 Å². The number of benzene rings is 2. The van der Waals surface area contributed by atoms with Crippen LogP contribution < -0.4 is 10.1 Å². The lowest BCUT2D eigenvalue weighted by Gasteiger charge is -2.12. The number of hydrogen-bond donors (Lipinski definition) is 1. The molecule has 0 atom stereocenters. The normalized spacial score (nSPS) is 10.6. The molecule has 1 N–H and O–H groups in total. The molecule has 0 spiro atoms. The third-order valence-corrected chi connectivity index (χ3v) is 3.51. The van der Waals surface area contributed by atoms with Crippen molar-refractivity contribution >= 4 is 15.9 Å². The highest BCUT2D eigenvalue weighted by atomic mass is 79.9. The number of hydrogen-bond acceptors (Lipinski definition) is 2. The molecular formula is C17H20BrNO. The lowest BCUT2D eigenvalue weighted by molar-refractivity contribution is 0.472. The van der Waals surface area contributed by atoms with Gasteiger partial charge in [0.15, 0.2) is 0 Å². The minimum Gasteiger partial charge on any atom is -0.457 e. The van der Waals surface area contributed by atoms with Gasteiger partial charge in [0, 0.05) is 16.6 Å². The Hall–Kier alpha value is -1.32. The van der Waals surface area contributed by atoms with Gasteiger partial charge in [0.2, 0.25) is 0 Å². The van der Waals surface area contributed by atoms with Gasteiger partial charge in [0.1, 0.15) is 11.5 Å². The van der Waals surface area contributed by atoms with Gasteiger partial charge in [0.05, 0.1) is 0 Å². The van der Waals surface area contributed by atoms with E-state index >= 15 is 0 Å². The van der Waals surface area contributed by atoms with E-state index in [1.165, 1.54) is 5.56 Å². The molecular weight excluding hydrogens is 314 g/mol. The van der Waals surface area contributed by atoms with Crippen molar-refractivity contribution in [1.29, 1.82) is 0 Å². The Morgan fingerprint density at radius 2 is 1.85 bits per heavy atom. The molecule has 0 heterocycles. The molecule has 3 heteroatoms. The lowest BCUT2D eigenvalue weighted by atomic mass is 10.2. The molecule has 0 aromatic heterocycles. The summed E-state index contributed by atoms with van der Waals surface area (Å²) in [6.45, 7) is 6.06. The zero-order chi connectivity index (χ0) is 14.4. The third-order valence-electron chi connectivity index (χ3n) is 3.01. The first-order chi connectivity index (χ1) is 9.69. The van der Waals surface area contributed by atoms with E-state index in [9.17, 15) is 0 Å². The van der Waals surface area contributed by atoms with Crippen LogP contribution in [0.3, 0.4) is 0 Å². The summed E-state index contributed by atoms with van der Waals surface area (Å²) in [5.74, 6) is 1.77. The second-order valence-corrected chi connectivity index (χ2v) is 5.76. The Morgan fingerprint density at radius 1 is 1.10 bits per heavy atom. The van der Waals surface area contributed by atoms with E-state index in [0.29, 0.717) is 0 Å². The van der Waals surface area contributed by atoms with Gasteiger partial charge >= 0.3 is 0 Å². The highest BCUT2D eigenvalue weighted by molar-refractivity contribution is 9.10. The minimum atomic E-state index is 0.814. The SMILES string of the molecule is CCCNCc1cc(Br)ccc1Oc1ccc(C)cc1. The van der Waals surface area contributed by atoms with E-state index in [1.54, 1.807) is 0 Å². The monoisotopic (exact) mass is 333 g/mol. The Bertz CT molecular complexity index is 551. The van der Waals surface area contributed by atoms with Crippen LogP contribution in [0.4, 0.5) is 0 Å². The predicted octanol–water partition coefficient (Wildman–Crippen LogP) is 5.05. The molecule has 2 rings (SSSR count). The maximum atomic E-state index is 5.99. The molecule has 0 saturated carbocycles. The zero-order valence-corrected chi connectivity index (χ0v) is 13.5. The van der Waals surface area contributed by atoms with Crippen molar-refractivity contribution in [2.45, 2.75) is 26.8 Å². The molecule has 2 nitrogen and oxygen atoms in total.